The van der Waals surface area contributed by atoms with Crippen LogP contribution in [-0.2, 0) is 0 Å². The first kappa shape index (κ1) is 15.6. The van der Waals surface area contributed by atoms with Crippen molar-refractivity contribution in [3.63, 3.8) is 0 Å². The third-order valence-corrected chi connectivity index (χ3v) is 3.61. The Morgan fingerprint density at radius 3 is 2.96 bits per heavy atom. The van der Waals surface area contributed by atoms with Gasteiger partial charge in [-0.15, -0.1) is 0 Å². The number of urea groups is 1. The van der Waals surface area contributed by atoms with Gasteiger partial charge in [0.2, 0.25) is 5.88 Å². The van der Waals surface area contributed by atoms with Crippen LogP contribution in [0.1, 0.15) is 5.56 Å². The van der Waals surface area contributed by atoms with Crippen LogP contribution in [0.2, 0.25) is 0 Å². The number of likely N-dealkylation sites (tertiary alicyclic amines) is 1. The summed E-state index contributed by atoms with van der Waals surface area (Å²) in [5.74, 6) is 1.08. The molecular formula is C17H16N4O3. The number of aromatic nitrogens is 1. The molecule has 1 aliphatic rings. The molecular weight excluding hydrogens is 308 g/mol. The molecule has 0 atom stereocenters. The highest BCUT2D eigenvalue weighted by atomic mass is 16.5. The number of amides is 2. The van der Waals surface area contributed by atoms with E-state index in [4.69, 9.17) is 14.7 Å². The Bertz CT molecular complexity index is 781. The largest absolute Gasteiger partial charge is 0.497 e. The monoisotopic (exact) mass is 324 g/mol. The van der Waals surface area contributed by atoms with Crippen LogP contribution in [0, 0.1) is 11.3 Å². The van der Waals surface area contributed by atoms with Crippen LogP contribution in [0.15, 0.2) is 42.6 Å². The summed E-state index contributed by atoms with van der Waals surface area (Å²) in [6, 6.07) is 12.2. The molecule has 2 heterocycles. The van der Waals surface area contributed by atoms with E-state index >= 15 is 0 Å². The highest BCUT2D eigenvalue weighted by Crippen LogP contribution is 2.20. The molecule has 1 aliphatic heterocycles. The number of nitrogens with one attached hydrogen (secondary N) is 1. The van der Waals surface area contributed by atoms with Gasteiger partial charge in [0, 0.05) is 24.0 Å². The number of ether oxygens (including phenoxy) is 2. The summed E-state index contributed by atoms with van der Waals surface area (Å²) in [6.07, 6.45) is 1.40. The van der Waals surface area contributed by atoms with Gasteiger partial charge in [-0.3, -0.25) is 0 Å². The average Bonchev–Trinajstić information content (AvgIpc) is 2.58. The molecule has 1 fully saturated rings. The topological polar surface area (TPSA) is 87.5 Å². The Labute approximate surface area is 139 Å². The van der Waals surface area contributed by atoms with Crippen LogP contribution in [0.3, 0.4) is 0 Å². The van der Waals surface area contributed by atoms with E-state index in [-0.39, 0.29) is 12.1 Å². The Balaban J connectivity index is 1.50. The Kier molecular flexibility index (Phi) is 4.47. The van der Waals surface area contributed by atoms with Gasteiger partial charge in [0.25, 0.3) is 0 Å². The molecule has 7 heteroatoms. The van der Waals surface area contributed by atoms with Crippen LogP contribution in [0.5, 0.6) is 11.6 Å². The van der Waals surface area contributed by atoms with Crippen molar-refractivity contribution in [2.24, 2.45) is 0 Å². The van der Waals surface area contributed by atoms with Crippen molar-refractivity contribution in [3.05, 3.63) is 48.2 Å². The highest BCUT2D eigenvalue weighted by molar-refractivity contribution is 5.90. The number of benzene rings is 1. The molecule has 0 saturated carbocycles. The second kappa shape index (κ2) is 6.87. The van der Waals surface area contributed by atoms with Crippen LogP contribution in [0.4, 0.5) is 10.5 Å². The summed E-state index contributed by atoms with van der Waals surface area (Å²) in [7, 11) is 1.58. The van der Waals surface area contributed by atoms with E-state index in [1.165, 1.54) is 6.20 Å². The standard InChI is InChI=1S/C17H16N4O3/c1-23-14-4-2-3-13(8-14)20-17(22)21-10-15(11-21)24-16-7-12(9-18)5-6-19-16/h2-8,15H,10-11H2,1H3,(H,20,22). The molecule has 122 valence electrons. The van der Waals surface area contributed by atoms with Crippen molar-refractivity contribution in [2.45, 2.75) is 6.10 Å². The van der Waals surface area contributed by atoms with Gasteiger partial charge in [-0.05, 0) is 18.2 Å². The summed E-state index contributed by atoms with van der Waals surface area (Å²) < 4.78 is 10.8. The average molecular weight is 324 g/mol. The Morgan fingerprint density at radius 2 is 2.21 bits per heavy atom. The second-order valence-electron chi connectivity index (χ2n) is 5.30. The predicted octanol–water partition coefficient (Wildman–Crippen LogP) is 2.26. The number of carbonyl (C=O) groups is 1. The third-order valence-electron chi connectivity index (χ3n) is 3.61. The van der Waals surface area contributed by atoms with Crippen molar-refractivity contribution >= 4 is 11.7 Å². The van der Waals surface area contributed by atoms with Gasteiger partial charge in [0.05, 0.1) is 31.8 Å². The van der Waals surface area contributed by atoms with E-state index in [1.807, 2.05) is 18.2 Å². The predicted molar refractivity (Wildman–Crippen MR) is 87.0 cm³/mol. The second-order valence-corrected chi connectivity index (χ2v) is 5.30. The number of carbonyl (C=O) groups excluding carboxylic acids is 1. The minimum atomic E-state index is -0.193. The van der Waals surface area contributed by atoms with Crippen LogP contribution < -0.4 is 14.8 Å². The molecule has 1 aromatic carbocycles. The third kappa shape index (κ3) is 3.55. The van der Waals surface area contributed by atoms with Crippen LogP contribution in [-0.4, -0.2) is 42.2 Å². The maximum atomic E-state index is 12.2. The first-order valence-electron chi connectivity index (χ1n) is 7.41. The fraction of sp³-hybridized carbons (Fsp3) is 0.235. The van der Waals surface area contributed by atoms with E-state index < -0.39 is 0 Å². The minimum absolute atomic E-state index is 0.123. The zero-order chi connectivity index (χ0) is 16.9. The smallest absolute Gasteiger partial charge is 0.322 e. The lowest BCUT2D eigenvalue weighted by atomic mass is 10.2. The van der Waals surface area contributed by atoms with Crippen molar-refractivity contribution in [1.29, 1.82) is 5.26 Å². The van der Waals surface area contributed by atoms with Crippen molar-refractivity contribution in [3.8, 4) is 17.7 Å². The molecule has 1 N–H and O–H groups in total. The number of nitrogens with zero attached hydrogens (tertiary/aromatic N) is 3. The first-order chi connectivity index (χ1) is 11.7. The lowest BCUT2D eigenvalue weighted by molar-refractivity contribution is 0.0461. The molecule has 0 unspecified atom stereocenters. The van der Waals surface area contributed by atoms with Gasteiger partial charge < -0.3 is 19.7 Å². The number of anilines is 1. The van der Waals surface area contributed by atoms with E-state index in [0.717, 1.165) is 0 Å². The molecule has 2 aromatic rings. The molecule has 0 spiro atoms. The molecule has 1 aromatic heterocycles. The summed E-state index contributed by atoms with van der Waals surface area (Å²) >= 11 is 0. The number of methoxy groups -OCH3 is 1. The summed E-state index contributed by atoms with van der Waals surface area (Å²) in [6.45, 7) is 0.933. The van der Waals surface area contributed by atoms with E-state index in [1.54, 1.807) is 36.3 Å². The Morgan fingerprint density at radius 1 is 1.38 bits per heavy atom. The number of nitriles is 1. The molecule has 0 aliphatic carbocycles. The normalized spacial score (nSPS) is 13.6. The summed E-state index contributed by atoms with van der Waals surface area (Å²) in [5, 5.41) is 11.7. The molecule has 0 radical (unpaired) electrons. The fourth-order valence-corrected chi connectivity index (χ4v) is 2.30. The van der Waals surface area contributed by atoms with E-state index in [9.17, 15) is 4.79 Å². The Hall–Kier alpha value is -3.27. The van der Waals surface area contributed by atoms with Gasteiger partial charge in [-0.25, -0.2) is 9.78 Å². The van der Waals surface area contributed by atoms with Crippen LogP contribution >= 0.6 is 0 Å². The molecule has 7 nitrogen and oxygen atoms in total. The molecule has 1 saturated heterocycles. The molecule has 24 heavy (non-hydrogen) atoms. The highest BCUT2D eigenvalue weighted by Gasteiger charge is 2.32. The zero-order valence-electron chi connectivity index (χ0n) is 13.1. The minimum Gasteiger partial charge on any atom is -0.497 e. The SMILES string of the molecule is COc1cccc(NC(=O)N2CC(Oc3cc(C#N)ccn3)C2)c1. The maximum absolute atomic E-state index is 12.2. The van der Waals surface area contributed by atoms with Crippen LogP contribution in [0.25, 0.3) is 0 Å². The quantitative estimate of drug-likeness (QED) is 0.932. The lowest BCUT2D eigenvalue weighted by Gasteiger charge is -2.38. The fourth-order valence-electron chi connectivity index (χ4n) is 2.30. The molecule has 3 rings (SSSR count). The van der Waals surface area contributed by atoms with Gasteiger partial charge >= 0.3 is 6.03 Å². The van der Waals surface area contributed by atoms with Crippen molar-refractivity contribution in [2.75, 3.05) is 25.5 Å². The maximum Gasteiger partial charge on any atom is 0.322 e. The number of pyridine rings is 1. The van der Waals surface area contributed by atoms with E-state index in [2.05, 4.69) is 10.3 Å². The number of hydrogen-bond donors (Lipinski definition) is 1. The van der Waals surface area contributed by atoms with Gasteiger partial charge in [0.1, 0.15) is 11.9 Å². The molecule has 0 bridgehead atoms. The molecule has 2 amide bonds. The first-order valence-corrected chi connectivity index (χ1v) is 7.41. The van der Waals surface area contributed by atoms with Crippen molar-refractivity contribution in [1.82, 2.24) is 9.88 Å². The summed E-state index contributed by atoms with van der Waals surface area (Å²) in [5.41, 5.74) is 1.17. The zero-order valence-corrected chi connectivity index (χ0v) is 13.1. The van der Waals surface area contributed by atoms with E-state index in [0.29, 0.717) is 36.0 Å². The van der Waals surface area contributed by atoms with Gasteiger partial charge in [-0.2, -0.15) is 5.26 Å². The summed E-state index contributed by atoms with van der Waals surface area (Å²) in [4.78, 5) is 17.8. The number of rotatable bonds is 4. The number of hydrogen-bond acceptors (Lipinski definition) is 5. The van der Waals surface area contributed by atoms with Gasteiger partial charge in [-0.1, -0.05) is 6.07 Å². The lowest BCUT2D eigenvalue weighted by Crippen LogP contribution is -2.57. The van der Waals surface area contributed by atoms with Crippen molar-refractivity contribution < 1.29 is 14.3 Å². The van der Waals surface area contributed by atoms with Gasteiger partial charge in [0.15, 0.2) is 0 Å².